The second-order valence-electron chi connectivity index (χ2n) is 6.15. The Morgan fingerprint density at radius 2 is 2.09 bits per heavy atom. The van der Waals surface area contributed by atoms with E-state index in [-0.39, 0.29) is 0 Å². The lowest BCUT2D eigenvalue weighted by Crippen LogP contribution is -2.35. The van der Waals surface area contributed by atoms with Gasteiger partial charge in [-0.05, 0) is 38.0 Å². The van der Waals surface area contributed by atoms with Crippen molar-refractivity contribution in [2.75, 3.05) is 29.9 Å². The number of benzene rings is 1. The fraction of sp³-hybridized carbons (Fsp3) is 0.389. The van der Waals surface area contributed by atoms with E-state index in [0.717, 1.165) is 42.3 Å². The topological polar surface area (TPSA) is 56.1 Å². The van der Waals surface area contributed by atoms with Gasteiger partial charge in [-0.1, -0.05) is 6.07 Å². The second-order valence-corrected chi connectivity index (χ2v) is 6.15. The largest absolute Gasteiger partial charge is 0.368 e. The van der Waals surface area contributed by atoms with Gasteiger partial charge in [-0.25, -0.2) is 9.97 Å². The van der Waals surface area contributed by atoms with Crippen LogP contribution in [0.2, 0.25) is 0 Å². The van der Waals surface area contributed by atoms with Gasteiger partial charge in [-0.2, -0.15) is 5.26 Å². The van der Waals surface area contributed by atoms with E-state index in [1.165, 1.54) is 5.56 Å². The first-order valence-corrected chi connectivity index (χ1v) is 7.85. The lowest BCUT2D eigenvalue weighted by Gasteiger charge is -2.26. The minimum atomic E-state index is 0.386. The Balaban J connectivity index is 1.79. The fourth-order valence-corrected chi connectivity index (χ4v) is 3.10. The molecule has 118 valence electrons. The number of hydrogen-bond donors (Lipinski definition) is 0. The van der Waals surface area contributed by atoms with Crippen molar-refractivity contribution in [2.24, 2.45) is 0 Å². The molecule has 1 aliphatic heterocycles. The van der Waals surface area contributed by atoms with Crippen LogP contribution in [0.5, 0.6) is 0 Å². The molecule has 1 fully saturated rings. The van der Waals surface area contributed by atoms with Crippen molar-refractivity contribution >= 4 is 11.5 Å². The van der Waals surface area contributed by atoms with E-state index in [4.69, 9.17) is 0 Å². The highest BCUT2D eigenvalue weighted by Crippen LogP contribution is 2.28. The summed E-state index contributed by atoms with van der Waals surface area (Å²) < 4.78 is 0. The predicted octanol–water partition coefficient (Wildman–Crippen LogP) is 2.68. The van der Waals surface area contributed by atoms with Gasteiger partial charge in [0.1, 0.15) is 18.2 Å². The Hall–Kier alpha value is -2.61. The molecule has 0 saturated carbocycles. The molecule has 1 aromatic carbocycles. The Labute approximate surface area is 137 Å². The number of nitriles is 1. The second kappa shape index (κ2) is 6.25. The molecule has 1 saturated heterocycles. The molecule has 1 unspecified atom stereocenters. The summed E-state index contributed by atoms with van der Waals surface area (Å²) in [6.45, 7) is 5.90. The van der Waals surface area contributed by atoms with E-state index in [2.05, 4.69) is 45.9 Å². The number of anilines is 2. The zero-order chi connectivity index (χ0) is 16.4. The smallest absolute Gasteiger partial charge is 0.132 e. The standard InChI is InChI=1S/C18H21N5/c1-13-4-5-15(10-19)17(8-13)23-7-6-16(11-23)22(3)18-9-14(2)20-12-21-18/h4-5,8-9,12,16H,6-7,11H2,1-3H3. The molecule has 0 N–H and O–H groups in total. The van der Waals surface area contributed by atoms with Crippen LogP contribution >= 0.6 is 0 Å². The van der Waals surface area contributed by atoms with Crippen molar-refractivity contribution in [2.45, 2.75) is 26.3 Å². The third-order valence-electron chi connectivity index (χ3n) is 4.48. The molecule has 23 heavy (non-hydrogen) atoms. The Morgan fingerprint density at radius 3 is 2.83 bits per heavy atom. The molecule has 0 amide bonds. The number of aryl methyl sites for hydroxylation is 2. The van der Waals surface area contributed by atoms with Gasteiger partial charge < -0.3 is 9.80 Å². The minimum absolute atomic E-state index is 0.386. The molecule has 1 aliphatic rings. The maximum Gasteiger partial charge on any atom is 0.132 e. The highest BCUT2D eigenvalue weighted by atomic mass is 15.3. The molecule has 0 bridgehead atoms. The quantitative estimate of drug-likeness (QED) is 0.872. The normalized spacial score (nSPS) is 17.1. The van der Waals surface area contributed by atoms with Crippen LogP contribution in [0.1, 0.15) is 23.2 Å². The number of hydrogen-bond acceptors (Lipinski definition) is 5. The Kier molecular flexibility index (Phi) is 4.16. The van der Waals surface area contributed by atoms with Crippen molar-refractivity contribution in [3.05, 3.63) is 47.4 Å². The molecule has 2 aromatic rings. The van der Waals surface area contributed by atoms with E-state index < -0.39 is 0 Å². The van der Waals surface area contributed by atoms with Crippen molar-refractivity contribution in [1.82, 2.24) is 9.97 Å². The summed E-state index contributed by atoms with van der Waals surface area (Å²) in [6, 6.07) is 10.7. The molecular formula is C18H21N5. The maximum atomic E-state index is 9.35. The average Bonchev–Trinajstić information content (AvgIpc) is 3.04. The Bertz CT molecular complexity index is 749. The number of rotatable bonds is 3. The van der Waals surface area contributed by atoms with E-state index in [1.807, 2.05) is 25.1 Å². The van der Waals surface area contributed by atoms with Gasteiger partial charge in [0, 0.05) is 37.9 Å². The maximum absolute atomic E-state index is 9.35. The van der Waals surface area contributed by atoms with Gasteiger partial charge in [0.25, 0.3) is 0 Å². The number of nitrogens with zero attached hydrogens (tertiary/aromatic N) is 5. The van der Waals surface area contributed by atoms with Gasteiger partial charge in [0.05, 0.1) is 11.3 Å². The molecule has 1 aromatic heterocycles. The van der Waals surface area contributed by atoms with Crippen LogP contribution in [0.15, 0.2) is 30.6 Å². The summed E-state index contributed by atoms with van der Waals surface area (Å²) in [4.78, 5) is 13.1. The molecule has 5 nitrogen and oxygen atoms in total. The SMILES string of the molecule is Cc1ccc(C#N)c(N2CCC(N(C)c3cc(C)ncn3)C2)c1. The molecule has 5 heteroatoms. The van der Waals surface area contributed by atoms with Gasteiger partial charge in [-0.3, -0.25) is 0 Å². The summed E-state index contributed by atoms with van der Waals surface area (Å²) in [5.74, 6) is 0.953. The summed E-state index contributed by atoms with van der Waals surface area (Å²) >= 11 is 0. The molecule has 1 atom stereocenters. The van der Waals surface area contributed by atoms with Crippen LogP contribution in [0.3, 0.4) is 0 Å². The van der Waals surface area contributed by atoms with Crippen LogP contribution in [0, 0.1) is 25.2 Å². The van der Waals surface area contributed by atoms with Crippen molar-refractivity contribution in [3.63, 3.8) is 0 Å². The average molecular weight is 307 g/mol. The van der Waals surface area contributed by atoms with E-state index in [0.29, 0.717) is 6.04 Å². The highest BCUT2D eigenvalue weighted by Gasteiger charge is 2.28. The van der Waals surface area contributed by atoms with Gasteiger partial charge in [0.15, 0.2) is 0 Å². The zero-order valence-electron chi connectivity index (χ0n) is 13.8. The first-order valence-electron chi connectivity index (χ1n) is 7.85. The molecular weight excluding hydrogens is 286 g/mol. The molecule has 0 spiro atoms. The lowest BCUT2D eigenvalue weighted by atomic mass is 10.1. The Morgan fingerprint density at radius 1 is 1.26 bits per heavy atom. The van der Waals surface area contributed by atoms with Crippen molar-refractivity contribution in [1.29, 1.82) is 5.26 Å². The molecule has 3 rings (SSSR count). The van der Waals surface area contributed by atoms with Gasteiger partial charge >= 0.3 is 0 Å². The van der Waals surface area contributed by atoms with E-state index in [9.17, 15) is 5.26 Å². The zero-order valence-corrected chi connectivity index (χ0v) is 13.8. The highest BCUT2D eigenvalue weighted by molar-refractivity contribution is 5.61. The molecule has 2 heterocycles. The predicted molar refractivity (Wildman–Crippen MR) is 91.7 cm³/mol. The van der Waals surface area contributed by atoms with Crippen LogP contribution < -0.4 is 9.80 Å². The first kappa shape index (κ1) is 15.3. The molecule has 0 radical (unpaired) electrons. The van der Waals surface area contributed by atoms with Crippen molar-refractivity contribution in [3.8, 4) is 6.07 Å². The summed E-state index contributed by atoms with van der Waals surface area (Å²) in [6.07, 6.45) is 2.67. The third kappa shape index (κ3) is 3.11. The number of likely N-dealkylation sites (N-methyl/N-ethyl adjacent to an activating group) is 1. The van der Waals surface area contributed by atoms with Crippen LogP contribution in [0.4, 0.5) is 11.5 Å². The van der Waals surface area contributed by atoms with Crippen LogP contribution in [-0.2, 0) is 0 Å². The third-order valence-corrected chi connectivity index (χ3v) is 4.48. The first-order chi connectivity index (χ1) is 11.1. The lowest BCUT2D eigenvalue weighted by molar-refractivity contribution is 0.683. The fourth-order valence-electron chi connectivity index (χ4n) is 3.10. The van der Waals surface area contributed by atoms with Gasteiger partial charge in [0.2, 0.25) is 0 Å². The van der Waals surface area contributed by atoms with Crippen LogP contribution in [0.25, 0.3) is 0 Å². The van der Waals surface area contributed by atoms with Crippen molar-refractivity contribution < 1.29 is 0 Å². The molecule has 0 aliphatic carbocycles. The monoisotopic (exact) mass is 307 g/mol. The van der Waals surface area contributed by atoms with E-state index >= 15 is 0 Å². The summed E-state index contributed by atoms with van der Waals surface area (Å²) in [5.41, 5.74) is 3.95. The van der Waals surface area contributed by atoms with E-state index in [1.54, 1.807) is 6.33 Å². The summed E-state index contributed by atoms with van der Waals surface area (Å²) in [5, 5.41) is 9.35. The summed E-state index contributed by atoms with van der Waals surface area (Å²) in [7, 11) is 2.08. The number of aromatic nitrogens is 2. The van der Waals surface area contributed by atoms with Crippen LogP contribution in [-0.4, -0.2) is 36.1 Å². The van der Waals surface area contributed by atoms with Gasteiger partial charge in [-0.15, -0.1) is 0 Å². The minimum Gasteiger partial charge on any atom is -0.368 e.